The zero-order valence-corrected chi connectivity index (χ0v) is 12.2. The molecule has 17 heavy (non-hydrogen) atoms. The van der Waals surface area contributed by atoms with Gasteiger partial charge in [-0.25, -0.2) is 0 Å². The van der Waals surface area contributed by atoms with Crippen molar-refractivity contribution >= 4 is 37.6 Å². The summed E-state index contributed by atoms with van der Waals surface area (Å²) < 4.78 is 1.74. The van der Waals surface area contributed by atoms with Crippen LogP contribution in [0.5, 0.6) is 0 Å². The summed E-state index contributed by atoms with van der Waals surface area (Å²) in [7, 11) is 0. The Hall–Kier alpha value is -1.000. The van der Waals surface area contributed by atoms with E-state index >= 15 is 0 Å². The van der Waals surface area contributed by atoms with Crippen LogP contribution >= 0.6 is 31.9 Å². The Morgan fingerprint density at radius 2 is 1.65 bits per heavy atom. The summed E-state index contributed by atoms with van der Waals surface area (Å²) in [5.74, 6) is -0.0248. The summed E-state index contributed by atoms with van der Waals surface area (Å²) >= 11 is 6.74. The maximum atomic E-state index is 12.2. The number of hydrogen-bond donors (Lipinski definition) is 0. The third-order valence-electron chi connectivity index (χ3n) is 2.26. The lowest BCUT2D eigenvalue weighted by molar-refractivity contribution is 0.103. The van der Waals surface area contributed by atoms with Crippen molar-refractivity contribution < 1.29 is 4.79 Å². The lowest BCUT2D eigenvalue weighted by atomic mass is 10.0. The maximum absolute atomic E-state index is 12.2. The highest BCUT2D eigenvalue weighted by Gasteiger charge is 2.10. The first-order chi connectivity index (χ1) is 8.06. The molecule has 86 valence electrons. The molecule has 1 aromatic carbocycles. The molecular formula is C13H9Br2NO. The molecule has 0 unspecified atom stereocenters. The number of aromatic nitrogens is 1. The van der Waals surface area contributed by atoms with Gasteiger partial charge in [0, 0.05) is 32.5 Å². The molecule has 1 aromatic heterocycles. The maximum Gasteiger partial charge on any atom is 0.194 e. The Bertz CT molecular complexity index is 561. The van der Waals surface area contributed by atoms with Gasteiger partial charge in [0.1, 0.15) is 0 Å². The van der Waals surface area contributed by atoms with Crippen molar-refractivity contribution in [1.29, 1.82) is 0 Å². The van der Waals surface area contributed by atoms with E-state index in [1.54, 1.807) is 24.5 Å². The van der Waals surface area contributed by atoms with Crippen molar-refractivity contribution in [2.24, 2.45) is 0 Å². The molecule has 2 rings (SSSR count). The smallest absolute Gasteiger partial charge is 0.194 e. The monoisotopic (exact) mass is 353 g/mol. The van der Waals surface area contributed by atoms with E-state index in [9.17, 15) is 4.79 Å². The van der Waals surface area contributed by atoms with Gasteiger partial charge in [-0.2, -0.15) is 0 Å². The number of carbonyl (C=O) groups excluding carboxylic acids is 1. The van der Waals surface area contributed by atoms with E-state index in [1.165, 1.54) is 0 Å². The van der Waals surface area contributed by atoms with E-state index < -0.39 is 0 Å². The van der Waals surface area contributed by atoms with Crippen LogP contribution in [0.2, 0.25) is 0 Å². The number of hydrogen-bond acceptors (Lipinski definition) is 2. The van der Waals surface area contributed by atoms with E-state index in [0.29, 0.717) is 11.1 Å². The molecule has 2 aromatic rings. The van der Waals surface area contributed by atoms with Crippen LogP contribution in [-0.2, 0) is 0 Å². The fourth-order valence-corrected chi connectivity index (χ4v) is 2.82. The van der Waals surface area contributed by atoms with Gasteiger partial charge in [0.2, 0.25) is 0 Å². The Morgan fingerprint density at radius 3 is 2.24 bits per heavy atom. The third kappa shape index (κ3) is 3.01. The topological polar surface area (TPSA) is 30.0 Å². The molecule has 0 amide bonds. The lowest BCUT2D eigenvalue weighted by Gasteiger charge is -2.03. The van der Waals surface area contributed by atoms with Crippen LogP contribution in [0.25, 0.3) is 0 Å². The van der Waals surface area contributed by atoms with Gasteiger partial charge < -0.3 is 0 Å². The first-order valence-corrected chi connectivity index (χ1v) is 6.57. The molecule has 4 heteroatoms. The highest BCUT2D eigenvalue weighted by Crippen LogP contribution is 2.22. The van der Waals surface area contributed by atoms with Gasteiger partial charge in [-0.1, -0.05) is 31.9 Å². The molecule has 0 saturated heterocycles. The number of rotatable bonds is 2. The molecule has 0 bridgehead atoms. The highest BCUT2D eigenvalue weighted by atomic mass is 79.9. The van der Waals surface area contributed by atoms with E-state index in [4.69, 9.17) is 0 Å². The molecule has 0 radical (unpaired) electrons. The van der Waals surface area contributed by atoms with Gasteiger partial charge in [0.05, 0.1) is 0 Å². The molecule has 0 N–H and O–H groups in total. The average molecular weight is 355 g/mol. The fraction of sp³-hybridized carbons (Fsp3) is 0.0769. The van der Waals surface area contributed by atoms with Crippen molar-refractivity contribution in [3.05, 3.63) is 62.3 Å². The minimum Gasteiger partial charge on any atom is -0.289 e. The Balaban J connectivity index is 2.43. The summed E-state index contributed by atoms with van der Waals surface area (Å²) in [6.45, 7) is 1.92. The minimum atomic E-state index is -0.0248. The number of benzene rings is 1. The number of ketones is 1. The fourth-order valence-electron chi connectivity index (χ4n) is 1.53. The quantitative estimate of drug-likeness (QED) is 0.758. The molecule has 0 aliphatic carbocycles. The zero-order chi connectivity index (χ0) is 12.4. The number of nitrogens with zero attached hydrogens (tertiary/aromatic N) is 1. The predicted octanol–water partition coefficient (Wildman–Crippen LogP) is 4.15. The van der Waals surface area contributed by atoms with Crippen LogP contribution < -0.4 is 0 Å². The summed E-state index contributed by atoms with van der Waals surface area (Å²) in [6, 6.07) is 7.33. The van der Waals surface area contributed by atoms with Crippen LogP contribution in [0.15, 0.2) is 45.6 Å². The van der Waals surface area contributed by atoms with E-state index in [2.05, 4.69) is 36.8 Å². The number of aryl methyl sites for hydroxylation is 1. The van der Waals surface area contributed by atoms with Gasteiger partial charge in [-0.3, -0.25) is 9.78 Å². The van der Waals surface area contributed by atoms with Gasteiger partial charge >= 0.3 is 0 Å². The predicted molar refractivity (Wildman–Crippen MR) is 74.2 cm³/mol. The second-order valence-electron chi connectivity index (χ2n) is 3.74. The lowest BCUT2D eigenvalue weighted by Crippen LogP contribution is -2.02. The van der Waals surface area contributed by atoms with Crippen molar-refractivity contribution in [3.63, 3.8) is 0 Å². The highest BCUT2D eigenvalue weighted by molar-refractivity contribution is 9.11. The molecule has 0 atom stereocenters. The van der Waals surface area contributed by atoms with Gasteiger partial charge in [-0.15, -0.1) is 0 Å². The zero-order valence-electron chi connectivity index (χ0n) is 9.08. The second-order valence-corrected chi connectivity index (χ2v) is 5.57. The third-order valence-corrected chi connectivity index (χ3v) is 3.18. The van der Waals surface area contributed by atoms with Crippen molar-refractivity contribution in [2.45, 2.75) is 6.92 Å². The standard InChI is InChI=1S/C13H9Br2NO/c1-8-2-10(7-16-6-8)13(17)9-3-11(14)5-12(15)4-9/h2-7H,1H3. The molecular weight excluding hydrogens is 346 g/mol. The van der Waals surface area contributed by atoms with Crippen LogP contribution in [0.1, 0.15) is 21.5 Å². The molecule has 2 nitrogen and oxygen atoms in total. The first kappa shape index (κ1) is 12.5. The molecule has 1 heterocycles. The Kier molecular flexibility index (Phi) is 3.74. The number of carbonyl (C=O) groups is 1. The minimum absolute atomic E-state index is 0.0248. The summed E-state index contributed by atoms with van der Waals surface area (Å²) in [6.07, 6.45) is 3.32. The summed E-state index contributed by atoms with van der Waals surface area (Å²) in [5, 5.41) is 0. The van der Waals surface area contributed by atoms with Crippen LogP contribution in [0, 0.1) is 6.92 Å². The van der Waals surface area contributed by atoms with Crippen molar-refractivity contribution in [2.75, 3.05) is 0 Å². The van der Waals surface area contributed by atoms with Crippen molar-refractivity contribution in [1.82, 2.24) is 4.98 Å². The normalized spacial score (nSPS) is 10.3. The van der Waals surface area contributed by atoms with Crippen LogP contribution in [-0.4, -0.2) is 10.8 Å². The molecule has 0 fully saturated rings. The molecule has 0 saturated carbocycles. The van der Waals surface area contributed by atoms with Crippen LogP contribution in [0.4, 0.5) is 0 Å². The Morgan fingerprint density at radius 1 is 1.00 bits per heavy atom. The van der Waals surface area contributed by atoms with Crippen LogP contribution in [0.3, 0.4) is 0 Å². The summed E-state index contributed by atoms with van der Waals surface area (Å²) in [5.41, 5.74) is 2.22. The van der Waals surface area contributed by atoms with E-state index in [0.717, 1.165) is 14.5 Å². The summed E-state index contributed by atoms with van der Waals surface area (Å²) in [4.78, 5) is 16.3. The molecule has 0 aliphatic heterocycles. The SMILES string of the molecule is Cc1cncc(C(=O)c2cc(Br)cc(Br)c2)c1. The van der Waals surface area contributed by atoms with E-state index in [1.807, 2.05) is 19.1 Å². The number of pyridine rings is 1. The van der Waals surface area contributed by atoms with Gasteiger partial charge in [-0.05, 0) is 36.8 Å². The van der Waals surface area contributed by atoms with Gasteiger partial charge in [0.15, 0.2) is 5.78 Å². The van der Waals surface area contributed by atoms with E-state index in [-0.39, 0.29) is 5.78 Å². The first-order valence-electron chi connectivity index (χ1n) is 4.99. The largest absolute Gasteiger partial charge is 0.289 e. The van der Waals surface area contributed by atoms with Crippen molar-refractivity contribution in [3.8, 4) is 0 Å². The number of halogens is 2. The van der Waals surface area contributed by atoms with Gasteiger partial charge in [0.25, 0.3) is 0 Å². The second kappa shape index (κ2) is 5.10. The molecule has 0 spiro atoms. The Labute approximate surface area is 116 Å². The average Bonchev–Trinajstić information content (AvgIpc) is 2.26. The molecule has 0 aliphatic rings.